The second kappa shape index (κ2) is 5.31. The molecule has 0 N–H and O–H groups in total. The molecule has 2 aromatic heterocycles. The topological polar surface area (TPSA) is 34.9 Å². The third kappa shape index (κ3) is 2.43. The predicted molar refractivity (Wildman–Crippen MR) is 75.1 cm³/mol. The average Bonchev–Trinajstić information content (AvgIpc) is 2.92. The summed E-state index contributed by atoms with van der Waals surface area (Å²) >= 11 is 1.64. The molecule has 0 aliphatic carbocycles. The van der Waals surface area contributed by atoms with E-state index < -0.39 is 0 Å². The molecular formula is C14H16N2OS. The van der Waals surface area contributed by atoms with Crippen molar-refractivity contribution < 1.29 is 4.79 Å². The van der Waals surface area contributed by atoms with Crippen LogP contribution in [0.1, 0.15) is 33.4 Å². The Labute approximate surface area is 111 Å². The van der Waals surface area contributed by atoms with Gasteiger partial charge in [-0.05, 0) is 49.9 Å². The molecule has 0 saturated carbocycles. The highest BCUT2D eigenvalue weighted by molar-refractivity contribution is 7.11. The molecule has 18 heavy (non-hydrogen) atoms. The minimum Gasteiger partial charge on any atom is -0.289 e. The Morgan fingerprint density at radius 2 is 2.28 bits per heavy atom. The summed E-state index contributed by atoms with van der Waals surface area (Å²) in [4.78, 5) is 13.2. The lowest BCUT2D eigenvalue weighted by atomic mass is 10.1. The minimum atomic E-state index is 0.0139. The van der Waals surface area contributed by atoms with Crippen LogP contribution in [0, 0.1) is 13.8 Å². The first-order chi connectivity index (χ1) is 8.63. The lowest BCUT2D eigenvalue weighted by molar-refractivity contribution is 0.104. The summed E-state index contributed by atoms with van der Waals surface area (Å²) in [5.41, 5.74) is 2.81. The van der Waals surface area contributed by atoms with Gasteiger partial charge in [0, 0.05) is 17.1 Å². The third-order valence-electron chi connectivity index (χ3n) is 2.96. The number of allylic oxidation sites excluding steroid dienone is 1. The van der Waals surface area contributed by atoms with Crippen molar-refractivity contribution in [2.75, 3.05) is 0 Å². The molecule has 0 saturated heterocycles. The van der Waals surface area contributed by atoms with E-state index >= 15 is 0 Å². The Hall–Kier alpha value is -1.68. The summed E-state index contributed by atoms with van der Waals surface area (Å²) < 4.78 is 1.83. The normalized spacial score (nSPS) is 11.3. The van der Waals surface area contributed by atoms with Gasteiger partial charge in [-0.2, -0.15) is 5.10 Å². The van der Waals surface area contributed by atoms with Crippen molar-refractivity contribution in [1.82, 2.24) is 9.78 Å². The Morgan fingerprint density at radius 3 is 2.83 bits per heavy atom. The van der Waals surface area contributed by atoms with Gasteiger partial charge in [0.1, 0.15) is 0 Å². The maximum atomic E-state index is 12.1. The fraction of sp³-hybridized carbons (Fsp3) is 0.286. The van der Waals surface area contributed by atoms with E-state index in [1.54, 1.807) is 23.6 Å². The minimum absolute atomic E-state index is 0.0139. The number of aromatic nitrogens is 2. The quantitative estimate of drug-likeness (QED) is 0.623. The smallest absolute Gasteiger partial charge is 0.189 e. The average molecular weight is 260 g/mol. The molecule has 3 nitrogen and oxygen atoms in total. The van der Waals surface area contributed by atoms with Crippen LogP contribution >= 0.6 is 11.3 Å². The lowest BCUT2D eigenvalue weighted by Gasteiger charge is -1.99. The molecule has 0 bridgehead atoms. The number of nitrogens with zero attached hydrogens (tertiary/aromatic N) is 2. The molecule has 0 radical (unpaired) electrons. The molecule has 0 aliphatic heterocycles. The molecule has 0 fully saturated rings. The first-order valence-corrected chi connectivity index (χ1v) is 6.80. The summed E-state index contributed by atoms with van der Waals surface area (Å²) in [6.07, 6.45) is 5.15. The van der Waals surface area contributed by atoms with Gasteiger partial charge in [-0.1, -0.05) is 0 Å². The zero-order chi connectivity index (χ0) is 13.1. The highest BCUT2D eigenvalue weighted by Crippen LogP contribution is 2.18. The van der Waals surface area contributed by atoms with Crippen molar-refractivity contribution in [1.29, 1.82) is 0 Å². The van der Waals surface area contributed by atoms with E-state index in [1.165, 1.54) is 5.56 Å². The Morgan fingerprint density at radius 1 is 1.50 bits per heavy atom. The molecule has 2 heterocycles. The van der Waals surface area contributed by atoms with Crippen LogP contribution in [0.25, 0.3) is 6.08 Å². The van der Waals surface area contributed by atoms with Crippen LogP contribution < -0.4 is 0 Å². The Kier molecular flexibility index (Phi) is 3.77. The van der Waals surface area contributed by atoms with Crippen LogP contribution in [0.3, 0.4) is 0 Å². The molecule has 0 unspecified atom stereocenters. The molecule has 2 aromatic rings. The number of carbonyl (C=O) groups is 1. The largest absolute Gasteiger partial charge is 0.289 e. The number of aryl methyl sites for hydroxylation is 2. The molecule has 0 spiro atoms. The first-order valence-electron chi connectivity index (χ1n) is 5.92. The maximum absolute atomic E-state index is 12.1. The number of ketones is 1. The monoisotopic (exact) mass is 260 g/mol. The van der Waals surface area contributed by atoms with Gasteiger partial charge in [0.2, 0.25) is 0 Å². The summed E-state index contributed by atoms with van der Waals surface area (Å²) in [5.74, 6) is 0.0139. The van der Waals surface area contributed by atoms with Crippen molar-refractivity contribution in [2.24, 2.45) is 0 Å². The van der Waals surface area contributed by atoms with Crippen molar-refractivity contribution >= 4 is 23.2 Å². The van der Waals surface area contributed by atoms with Crippen molar-refractivity contribution in [2.45, 2.75) is 27.3 Å². The van der Waals surface area contributed by atoms with Crippen LogP contribution in [-0.4, -0.2) is 15.6 Å². The van der Waals surface area contributed by atoms with Crippen LogP contribution in [0.15, 0.2) is 23.7 Å². The fourth-order valence-corrected chi connectivity index (χ4v) is 2.62. The van der Waals surface area contributed by atoms with Gasteiger partial charge < -0.3 is 0 Å². The molecule has 0 atom stereocenters. The van der Waals surface area contributed by atoms with Gasteiger partial charge in [-0.15, -0.1) is 11.3 Å². The molecule has 4 heteroatoms. The summed E-state index contributed by atoms with van der Waals surface area (Å²) in [6.45, 7) is 6.76. The van der Waals surface area contributed by atoms with Gasteiger partial charge >= 0.3 is 0 Å². The van der Waals surface area contributed by atoms with Gasteiger partial charge in [0.05, 0.1) is 11.8 Å². The number of rotatable bonds is 4. The van der Waals surface area contributed by atoms with Gasteiger partial charge in [-0.25, -0.2) is 0 Å². The highest BCUT2D eigenvalue weighted by Gasteiger charge is 2.10. The van der Waals surface area contributed by atoms with E-state index in [9.17, 15) is 4.79 Å². The SMILES string of the molecule is CCn1ncc(C(=O)/C=C/c2sccc2C)c1C. The van der Waals surface area contributed by atoms with Crippen LogP contribution in [0.4, 0.5) is 0 Å². The summed E-state index contributed by atoms with van der Waals surface area (Å²) in [5, 5.41) is 6.21. The number of thiophene rings is 1. The van der Waals surface area contributed by atoms with Gasteiger partial charge in [0.15, 0.2) is 5.78 Å². The molecule has 94 valence electrons. The van der Waals surface area contributed by atoms with E-state index in [0.717, 1.165) is 17.1 Å². The second-order valence-corrected chi connectivity index (χ2v) is 5.07. The van der Waals surface area contributed by atoms with Crippen molar-refractivity contribution in [3.8, 4) is 0 Å². The van der Waals surface area contributed by atoms with E-state index in [1.807, 2.05) is 36.9 Å². The van der Waals surface area contributed by atoms with Gasteiger partial charge in [0.25, 0.3) is 0 Å². The fourth-order valence-electron chi connectivity index (χ4n) is 1.80. The molecular weight excluding hydrogens is 244 g/mol. The summed E-state index contributed by atoms with van der Waals surface area (Å²) in [6, 6.07) is 2.05. The Bertz CT molecular complexity index is 593. The molecule has 0 aromatic carbocycles. The van der Waals surface area contributed by atoms with Crippen LogP contribution in [-0.2, 0) is 6.54 Å². The standard InChI is InChI=1S/C14H16N2OS/c1-4-16-11(3)12(9-15-16)13(17)5-6-14-10(2)7-8-18-14/h5-9H,4H2,1-3H3/b6-5+. The number of hydrogen-bond donors (Lipinski definition) is 0. The first kappa shape index (κ1) is 12.8. The van der Waals surface area contributed by atoms with E-state index in [4.69, 9.17) is 0 Å². The van der Waals surface area contributed by atoms with E-state index in [0.29, 0.717) is 5.56 Å². The van der Waals surface area contributed by atoms with Crippen LogP contribution in [0.5, 0.6) is 0 Å². The zero-order valence-electron chi connectivity index (χ0n) is 10.8. The van der Waals surface area contributed by atoms with E-state index in [-0.39, 0.29) is 5.78 Å². The zero-order valence-corrected chi connectivity index (χ0v) is 11.6. The van der Waals surface area contributed by atoms with Crippen molar-refractivity contribution in [3.05, 3.63) is 45.4 Å². The lowest BCUT2D eigenvalue weighted by Crippen LogP contribution is -2.01. The predicted octanol–water partition coefficient (Wildman–Crippen LogP) is 3.48. The summed E-state index contributed by atoms with van der Waals surface area (Å²) in [7, 11) is 0. The second-order valence-electron chi connectivity index (χ2n) is 4.12. The molecule has 0 amide bonds. The molecule has 2 rings (SSSR count). The van der Waals surface area contributed by atoms with E-state index in [2.05, 4.69) is 11.2 Å². The Balaban J connectivity index is 2.20. The number of hydrogen-bond acceptors (Lipinski definition) is 3. The van der Waals surface area contributed by atoms with Crippen LogP contribution in [0.2, 0.25) is 0 Å². The maximum Gasteiger partial charge on any atom is 0.189 e. The van der Waals surface area contributed by atoms with Gasteiger partial charge in [-0.3, -0.25) is 9.48 Å². The van der Waals surface area contributed by atoms with Crippen molar-refractivity contribution in [3.63, 3.8) is 0 Å². The number of carbonyl (C=O) groups excluding carboxylic acids is 1. The molecule has 0 aliphatic rings. The third-order valence-corrected chi connectivity index (χ3v) is 3.94. The highest BCUT2D eigenvalue weighted by atomic mass is 32.1.